The minimum atomic E-state index is -0.476. The summed E-state index contributed by atoms with van der Waals surface area (Å²) in [6, 6.07) is 11.5. The Morgan fingerprint density at radius 1 is 1.00 bits per heavy atom. The Bertz CT molecular complexity index is 1230. The largest absolute Gasteiger partial charge is 0.394 e. The third kappa shape index (κ3) is 6.25. The summed E-state index contributed by atoms with van der Waals surface area (Å²) >= 11 is 0. The standard InChI is InChI=1S/C26H35N7O4/c1-18-27-23-14-20(6-9-24(23)33(18)22(16-34)17-35)29-26(37)28-19-4-7-21(8-5-19)31(3)25(36)15-32-12-10-30(2)11-13-32/h4-9,14,22,34-35H,10-13,15-17H2,1-3H3,(H2,28,29,37). The van der Waals surface area contributed by atoms with E-state index in [1.54, 1.807) is 65.9 Å². The van der Waals surface area contributed by atoms with Gasteiger partial charge >= 0.3 is 6.03 Å². The third-order valence-electron chi connectivity index (χ3n) is 6.75. The van der Waals surface area contributed by atoms with Crippen molar-refractivity contribution in [3.8, 4) is 0 Å². The van der Waals surface area contributed by atoms with Gasteiger partial charge in [-0.3, -0.25) is 9.69 Å². The SMILES string of the molecule is Cc1nc2cc(NC(=O)Nc3ccc(N(C)C(=O)CN4CCN(C)CC4)cc3)ccc2n1C(CO)CO. The van der Waals surface area contributed by atoms with E-state index in [1.165, 1.54) is 0 Å². The predicted octanol–water partition coefficient (Wildman–Crippen LogP) is 1.72. The number of carbonyl (C=O) groups is 2. The molecule has 1 aromatic heterocycles. The fraction of sp³-hybridized carbons (Fsp3) is 0.423. The summed E-state index contributed by atoms with van der Waals surface area (Å²) in [6.07, 6.45) is 0. The van der Waals surface area contributed by atoms with Crippen molar-refractivity contribution in [2.75, 3.05) is 75.6 Å². The van der Waals surface area contributed by atoms with Crippen LogP contribution in [0.4, 0.5) is 21.9 Å². The minimum Gasteiger partial charge on any atom is -0.394 e. The van der Waals surface area contributed by atoms with Crippen molar-refractivity contribution < 1.29 is 19.8 Å². The highest BCUT2D eigenvalue weighted by Crippen LogP contribution is 2.24. The molecule has 11 nitrogen and oxygen atoms in total. The maximum atomic E-state index is 12.7. The van der Waals surface area contributed by atoms with E-state index in [0.717, 1.165) is 37.4 Å². The van der Waals surface area contributed by atoms with E-state index in [4.69, 9.17) is 0 Å². The lowest BCUT2D eigenvalue weighted by atomic mass is 10.2. The summed E-state index contributed by atoms with van der Waals surface area (Å²) in [7, 11) is 3.85. The maximum Gasteiger partial charge on any atom is 0.323 e. The van der Waals surface area contributed by atoms with E-state index in [1.807, 2.05) is 0 Å². The number of rotatable bonds is 8. The van der Waals surface area contributed by atoms with E-state index in [-0.39, 0.29) is 19.1 Å². The molecular weight excluding hydrogens is 474 g/mol. The number of benzene rings is 2. The molecule has 0 radical (unpaired) electrons. The molecule has 37 heavy (non-hydrogen) atoms. The molecule has 3 amide bonds. The Kier molecular flexibility index (Phi) is 8.39. The molecular formula is C26H35N7O4. The Balaban J connectivity index is 1.34. The van der Waals surface area contributed by atoms with Gasteiger partial charge in [0.15, 0.2) is 0 Å². The van der Waals surface area contributed by atoms with Gasteiger partial charge in [-0.2, -0.15) is 0 Å². The van der Waals surface area contributed by atoms with Crippen molar-refractivity contribution in [3.05, 3.63) is 48.3 Å². The van der Waals surface area contributed by atoms with Crippen LogP contribution in [-0.2, 0) is 4.79 Å². The van der Waals surface area contributed by atoms with E-state index < -0.39 is 12.1 Å². The molecule has 1 saturated heterocycles. The Morgan fingerprint density at radius 3 is 2.27 bits per heavy atom. The number of urea groups is 1. The summed E-state index contributed by atoms with van der Waals surface area (Å²) in [4.78, 5) is 35.8. The van der Waals surface area contributed by atoms with Crippen LogP contribution in [-0.4, -0.2) is 102 Å². The normalized spacial score (nSPS) is 14.8. The van der Waals surface area contributed by atoms with E-state index >= 15 is 0 Å². The summed E-state index contributed by atoms with van der Waals surface area (Å²) in [5, 5.41) is 24.7. The second kappa shape index (κ2) is 11.7. The monoisotopic (exact) mass is 509 g/mol. The number of likely N-dealkylation sites (N-methyl/N-ethyl adjacent to an activating group) is 2. The van der Waals surface area contributed by atoms with Crippen LogP contribution in [0.3, 0.4) is 0 Å². The van der Waals surface area contributed by atoms with E-state index in [2.05, 4.69) is 32.5 Å². The molecule has 0 bridgehead atoms. The zero-order chi connectivity index (χ0) is 26.5. The number of aliphatic hydroxyl groups is 2. The Hall–Kier alpha value is -3.51. The molecule has 2 heterocycles. The van der Waals surface area contributed by atoms with Crippen LogP contribution >= 0.6 is 0 Å². The Morgan fingerprint density at radius 2 is 1.62 bits per heavy atom. The fourth-order valence-corrected chi connectivity index (χ4v) is 4.49. The summed E-state index contributed by atoms with van der Waals surface area (Å²) < 4.78 is 1.79. The van der Waals surface area contributed by atoms with Crippen molar-refractivity contribution >= 4 is 40.0 Å². The first-order chi connectivity index (χ1) is 17.8. The number of imidazole rings is 1. The number of aromatic nitrogens is 2. The number of fused-ring (bicyclic) bond motifs is 1. The number of carbonyl (C=O) groups excluding carboxylic acids is 2. The highest BCUT2D eigenvalue weighted by atomic mass is 16.3. The Labute approximate surface area is 216 Å². The molecule has 3 aromatic rings. The van der Waals surface area contributed by atoms with Gasteiger partial charge in [-0.05, 0) is 56.4 Å². The van der Waals surface area contributed by atoms with Crippen LogP contribution in [0.2, 0.25) is 0 Å². The van der Waals surface area contributed by atoms with Crippen molar-refractivity contribution in [2.24, 2.45) is 0 Å². The lowest BCUT2D eigenvalue weighted by Gasteiger charge is -2.32. The molecule has 0 atom stereocenters. The van der Waals surface area contributed by atoms with Gasteiger partial charge in [0, 0.05) is 50.3 Å². The first-order valence-corrected chi connectivity index (χ1v) is 12.3. The van der Waals surface area contributed by atoms with Crippen LogP contribution < -0.4 is 15.5 Å². The highest BCUT2D eigenvalue weighted by molar-refractivity contribution is 6.01. The maximum absolute atomic E-state index is 12.7. The van der Waals surface area contributed by atoms with Gasteiger partial charge in [-0.25, -0.2) is 9.78 Å². The van der Waals surface area contributed by atoms with Gasteiger partial charge in [0.25, 0.3) is 0 Å². The van der Waals surface area contributed by atoms with Crippen LogP contribution in [0.25, 0.3) is 11.0 Å². The number of piperazine rings is 1. The zero-order valence-electron chi connectivity index (χ0n) is 21.5. The number of amides is 3. The van der Waals surface area contributed by atoms with Gasteiger partial charge in [-0.15, -0.1) is 0 Å². The van der Waals surface area contributed by atoms with Crippen LogP contribution in [0.15, 0.2) is 42.5 Å². The van der Waals surface area contributed by atoms with E-state index in [9.17, 15) is 19.8 Å². The number of aryl methyl sites for hydroxylation is 1. The van der Waals surface area contributed by atoms with Crippen LogP contribution in [0, 0.1) is 6.92 Å². The third-order valence-corrected chi connectivity index (χ3v) is 6.75. The van der Waals surface area contributed by atoms with Crippen molar-refractivity contribution in [3.63, 3.8) is 0 Å². The highest BCUT2D eigenvalue weighted by Gasteiger charge is 2.20. The van der Waals surface area contributed by atoms with Gasteiger partial charge in [0.05, 0.1) is 36.8 Å². The van der Waals surface area contributed by atoms with Gasteiger partial charge in [0.1, 0.15) is 5.82 Å². The van der Waals surface area contributed by atoms with Crippen molar-refractivity contribution in [1.82, 2.24) is 19.4 Å². The molecule has 1 aliphatic heterocycles. The van der Waals surface area contributed by atoms with Gasteiger partial charge < -0.3 is 35.2 Å². The molecule has 2 aromatic carbocycles. The average molecular weight is 510 g/mol. The average Bonchev–Trinajstić information content (AvgIpc) is 3.21. The quantitative estimate of drug-likeness (QED) is 0.364. The molecule has 0 saturated carbocycles. The number of hydrogen-bond acceptors (Lipinski definition) is 7. The second-order valence-corrected chi connectivity index (χ2v) is 9.41. The molecule has 0 unspecified atom stereocenters. The lowest BCUT2D eigenvalue weighted by molar-refractivity contribution is -0.119. The predicted molar refractivity (Wildman–Crippen MR) is 144 cm³/mol. The smallest absolute Gasteiger partial charge is 0.323 e. The first kappa shape index (κ1) is 26.6. The number of nitrogens with zero attached hydrogens (tertiary/aromatic N) is 5. The topological polar surface area (TPSA) is 126 Å². The molecule has 1 aliphatic rings. The molecule has 0 aliphatic carbocycles. The molecule has 198 valence electrons. The molecule has 4 rings (SSSR count). The van der Waals surface area contributed by atoms with Crippen molar-refractivity contribution in [2.45, 2.75) is 13.0 Å². The molecule has 11 heteroatoms. The van der Waals surface area contributed by atoms with Gasteiger partial charge in [0.2, 0.25) is 5.91 Å². The number of aliphatic hydroxyl groups excluding tert-OH is 2. The molecule has 4 N–H and O–H groups in total. The number of hydrogen-bond donors (Lipinski definition) is 4. The molecule has 0 spiro atoms. The van der Waals surface area contributed by atoms with Crippen LogP contribution in [0.1, 0.15) is 11.9 Å². The number of anilines is 3. The molecule has 1 fully saturated rings. The first-order valence-electron chi connectivity index (χ1n) is 12.3. The summed E-state index contributed by atoms with van der Waals surface area (Å²) in [6.45, 7) is 5.47. The summed E-state index contributed by atoms with van der Waals surface area (Å²) in [5.74, 6) is 0.692. The van der Waals surface area contributed by atoms with Crippen LogP contribution in [0.5, 0.6) is 0 Å². The van der Waals surface area contributed by atoms with E-state index in [0.29, 0.717) is 29.3 Å². The zero-order valence-corrected chi connectivity index (χ0v) is 21.5. The fourth-order valence-electron chi connectivity index (χ4n) is 4.49. The minimum absolute atomic E-state index is 0.0281. The van der Waals surface area contributed by atoms with Crippen molar-refractivity contribution in [1.29, 1.82) is 0 Å². The summed E-state index contributed by atoms with van der Waals surface area (Å²) in [5.41, 5.74) is 3.32. The number of nitrogens with one attached hydrogen (secondary N) is 2. The van der Waals surface area contributed by atoms with Gasteiger partial charge in [-0.1, -0.05) is 0 Å². The second-order valence-electron chi connectivity index (χ2n) is 9.41. The lowest BCUT2D eigenvalue weighted by Crippen LogP contribution is -2.48.